The summed E-state index contributed by atoms with van der Waals surface area (Å²) in [4.78, 5) is 36.3. The molecule has 1 saturated heterocycles. The summed E-state index contributed by atoms with van der Waals surface area (Å²) in [7, 11) is 3.60. The Morgan fingerprint density at radius 3 is 2.78 bits per heavy atom. The fourth-order valence-corrected chi connectivity index (χ4v) is 3.45. The minimum Gasteiger partial charge on any atom is -0.380 e. The molecule has 1 fully saturated rings. The van der Waals surface area contributed by atoms with E-state index in [0.717, 1.165) is 30.5 Å². The van der Waals surface area contributed by atoms with Gasteiger partial charge < -0.3 is 10.1 Å². The third kappa shape index (κ3) is 4.12. The summed E-state index contributed by atoms with van der Waals surface area (Å²) in [6.45, 7) is 2.22. The van der Waals surface area contributed by atoms with Gasteiger partial charge in [-0.3, -0.25) is 24.0 Å². The number of carbonyl (C=O) groups excluding carboxylic acids is 2. The number of likely N-dealkylation sites (N-methyl/N-ethyl adjacent to an activating group) is 1. The molecule has 0 aliphatic carbocycles. The molecule has 1 aliphatic rings. The van der Waals surface area contributed by atoms with Gasteiger partial charge in [0.2, 0.25) is 11.8 Å². The Bertz CT molecular complexity index is 899. The second-order valence-corrected chi connectivity index (χ2v) is 6.82. The Morgan fingerprint density at radius 2 is 2.04 bits per heavy atom. The Morgan fingerprint density at radius 1 is 1.22 bits per heavy atom. The van der Waals surface area contributed by atoms with E-state index >= 15 is 0 Å². The summed E-state index contributed by atoms with van der Waals surface area (Å²) in [6.07, 6.45) is 2.34. The number of ether oxygens (including phenoxy) is 1. The lowest BCUT2D eigenvalue weighted by Crippen LogP contribution is -2.44. The zero-order chi connectivity index (χ0) is 19.4. The minimum absolute atomic E-state index is 0.241. The number of nitrogens with one attached hydrogen (secondary N) is 2. The third-order valence-corrected chi connectivity index (χ3v) is 4.93. The normalized spacial score (nSPS) is 17.5. The van der Waals surface area contributed by atoms with Crippen LogP contribution in [0.5, 0.6) is 0 Å². The van der Waals surface area contributed by atoms with Crippen molar-refractivity contribution in [2.45, 2.75) is 31.7 Å². The number of carbonyl (C=O) groups is 2. The first-order valence-corrected chi connectivity index (χ1v) is 9.29. The second-order valence-electron chi connectivity index (χ2n) is 6.82. The van der Waals surface area contributed by atoms with Gasteiger partial charge >= 0.3 is 5.69 Å². The van der Waals surface area contributed by atoms with Gasteiger partial charge in [0.05, 0.1) is 17.6 Å². The number of nitrogens with zero attached hydrogens (tertiary/aromatic N) is 2. The SMILES string of the molecule is CNCCOCCCc1ccc2c(c1)n(C)c(=O)n2C1CCC(=O)NC1=O. The molecule has 2 heterocycles. The fourth-order valence-electron chi connectivity index (χ4n) is 3.45. The van der Waals surface area contributed by atoms with E-state index < -0.39 is 11.9 Å². The fraction of sp³-hybridized carbons (Fsp3) is 0.526. The first kappa shape index (κ1) is 19.3. The number of hydrogen-bond acceptors (Lipinski definition) is 5. The highest BCUT2D eigenvalue weighted by atomic mass is 16.5. The number of piperidine rings is 1. The van der Waals surface area contributed by atoms with Crippen molar-refractivity contribution in [1.29, 1.82) is 0 Å². The minimum atomic E-state index is -0.648. The number of benzene rings is 1. The van der Waals surface area contributed by atoms with Gasteiger partial charge in [-0.1, -0.05) is 6.07 Å². The van der Waals surface area contributed by atoms with Crippen molar-refractivity contribution in [3.63, 3.8) is 0 Å². The van der Waals surface area contributed by atoms with E-state index in [1.54, 1.807) is 11.6 Å². The number of amides is 2. The molecule has 27 heavy (non-hydrogen) atoms. The van der Waals surface area contributed by atoms with Gasteiger partial charge in [0.1, 0.15) is 6.04 Å². The van der Waals surface area contributed by atoms with Crippen LogP contribution in [-0.4, -0.2) is 47.8 Å². The lowest BCUT2D eigenvalue weighted by molar-refractivity contribution is -0.135. The lowest BCUT2D eigenvalue weighted by atomic mass is 10.1. The molecule has 1 atom stereocenters. The summed E-state index contributed by atoms with van der Waals surface area (Å²) in [6, 6.07) is 5.22. The van der Waals surface area contributed by atoms with Crippen LogP contribution in [0.2, 0.25) is 0 Å². The van der Waals surface area contributed by atoms with Crippen LogP contribution in [0, 0.1) is 0 Å². The number of fused-ring (bicyclic) bond motifs is 1. The molecule has 3 rings (SSSR count). The summed E-state index contributed by atoms with van der Waals surface area (Å²) in [5.74, 6) is -0.701. The van der Waals surface area contributed by atoms with Crippen molar-refractivity contribution in [2.24, 2.45) is 7.05 Å². The van der Waals surface area contributed by atoms with Crippen LogP contribution in [0.1, 0.15) is 30.9 Å². The number of imide groups is 1. The van der Waals surface area contributed by atoms with Gasteiger partial charge in [-0.15, -0.1) is 0 Å². The molecule has 1 unspecified atom stereocenters. The van der Waals surface area contributed by atoms with Gasteiger partial charge in [-0.2, -0.15) is 0 Å². The third-order valence-electron chi connectivity index (χ3n) is 4.93. The molecule has 0 radical (unpaired) electrons. The number of rotatable bonds is 8. The predicted octanol–water partition coefficient (Wildman–Crippen LogP) is 0.486. The average Bonchev–Trinajstić information content (AvgIpc) is 2.89. The van der Waals surface area contributed by atoms with Crippen molar-refractivity contribution in [3.8, 4) is 0 Å². The molecular weight excluding hydrogens is 348 g/mol. The molecule has 8 heteroatoms. The molecule has 1 aliphatic heterocycles. The zero-order valence-corrected chi connectivity index (χ0v) is 15.8. The van der Waals surface area contributed by atoms with E-state index in [-0.39, 0.29) is 18.0 Å². The molecule has 1 aromatic carbocycles. The van der Waals surface area contributed by atoms with Crippen molar-refractivity contribution >= 4 is 22.8 Å². The molecule has 0 spiro atoms. The monoisotopic (exact) mass is 374 g/mol. The highest BCUT2D eigenvalue weighted by Crippen LogP contribution is 2.24. The Kier molecular flexibility index (Phi) is 6.08. The molecule has 2 N–H and O–H groups in total. The van der Waals surface area contributed by atoms with Crippen LogP contribution < -0.4 is 16.3 Å². The van der Waals surface area contributed by atoms with Crippen LogP contribution >= 0.6 is 0 Å². The van der Waals surface area contributed by atoms with E-state index in [1.807, 2.05) is 25.2 Å². The van der Waals surface area contributed by atoms with Gasteiger partial charge in [0.15, 0.2) is 0 Å². The number of aryl methyl sites for hydroxylation is 2. The van der Waals surface area contributed by atoms with E-state index in [1.165, 1.54) is 4.57 Å². The van der Waals surface area contributed by atoms with Gasteiger partial charge in [0, 0.05) is 26.6 Å². The zero-order valence-electron chi connectivity index (χ0n) is 15.8. The second kappa shape index (κ2) is 8.49. The van der Waals surface area contributed by atoms with Crippen molar-refractivity contribution < 1.29 is 14.3 Å². The maximum Gasteiger partial charge on any atom is 0.329 e. The maximum atomic E-state index is 12.7. The van der Waals surface area contributed by atoms with E-state index in [9.17, 15) is 14.4 Å². The molecule has 0 bridgehead atoms. The van der Waals surface area contributed by atoms with Gasteiger partial charge in [-0.25, -0.2) is 4.79 Å². The van der Waals surface area contributed by atoms with Gasteiger partial charge in [0.25, 0.3) is 0 Å². The average molecular weight is 374 g/mol. The molecule has 0 saturated carbocycles. The summed E-state index contributed by atoms with van der Waals surface area (Å²) in [5, 5.41) is 5.36. The first-order chi connectivity index (χ1) is 13.0. The summed E-state index contributed by atoms with van der Waals surface area (Å²) in [5.41, 5.74) is 2.38. The number of imidazole rings is 1. The lowest BCUT2D eigenvalue weighted by Gasteiger charge is -2.21. The van der Waals surface area contributed by atoms with Crippen LogP contribution in [-0.2, 0) is 27.8 Å². The Balaban J connectivity index is 1.78. The van der Waals surface area contributed by atoms with E-state index in [2.05, 4.69) is 10.6 Å². The molecule has 146 valence electrons. The number of aromatic nitrogens is 2. The Hall–Kier alpha value is -2.45. The molecular formula is C19H26N4O4. The van der Waals surface area contributed by atoms with E-state index in [4.69, 9.17) is 4.74 Å². The molecule has 2 amide bonds. The van der Waals surface area contributed by atoms with Crippen LogP contribution in [0.4, 0.5) is 0 Å². The maximum absolute atomic E-state index is 12.7. The van der Waals surface area contributed by atoms with Crippen molar-refractivity contribution in [3.05, 3.63) is 34.2 Å². The largest absolute Gasteiger partial charge is 0.380 e. The smallest absolute Gasteiger partial charge is 0.329 e. The highest BCUT2D eigenvalue weighted by Gasteiger charge is 2.31. The topological polar surface area (TPSA) is 94.4 Å². The van der Waals surface area contributed by atoms with Crippen molar-refractivity contribution in [1.82, 2.24) is 19.8 Å². The predicted molar refractivity (Wildman–Crippen MR) is 102 cm³/mol. The van der Waals surface area contributed by atoms with Crippen LogP contribution in [0.25, 0.3) is 11.0 Å². The van der Waals surface area contributed by atoms with Gasteiger partial charge in [-0.05, 0) is 44.0 Å². The molecule has 1 aromatic heterocycles. The highest BCUT2D eigenvalue weighted by molar-refractivity contribution is 6.00. The summed E-state index contributed by atoms with van der Waals surface area (Å²) < 4.78 is 8.60. The first-order valence-electron chi connectivity index (χ1n) is 9.29. The Labute approximate surface area is 157 Å². The quantitative estimate of drug-likeness (QED) is 0.518. The summed E-state index contributed by atoms with van der Waals surface area (Å²) >= 11 is 0. The van der Waals surface area contributed by atoms with Crippen LogP contribution in [0.15, 0.2) is 23.0 Å². The molecule has 2 aromatic rings. The molecule has 8 nitrogen and oxygen atoms in total. The number of hydrogen-bond donors (Lipinski definition) is 2. The van der Waals surface area contributed by atoms with E-state index in [0.29, 0.717) is 25.2 Å². The standard InChI is InChI=1S/C19H26N4O4/c1-20-9-11-27-10-3-4-13-5-6-14-16(12-13)22(2)19(26)23(14)15-7-8-17(24)21-18(15)25/h5-6,12,15,20H,3-4,7-11H2,1-2H3,(H,21,24,25). The van der Waals surface area contributed by atoms with Crippen molar-refractivity contribution in [2.75, 3.05) is 26.8 Å². The van der Waals surface area contributed by atoms with Crippen LogP contribution in [0.3, 0.4) is 0 Å².